The molecule has 3 aromatic carbocycles. The summed E-state index contributed by atoms with van der Waals surface area (Å²) >= 11 is 0. The van der Waals surface area contributed by atoms with Crippen molar-refractivity contribution in [1.82, 2.24) is 0 Å². The Morgan fingerprint density at radius 3 is 2.17 bits per heavy atom. The lowest BCUT2D eigenvalue weighted by Gasteiger charge is -2.19. The van der Waals surface area contributed by atoms with Gasteiger partial charge in [0.15, 0.2) is 6.10 Å². The maximum absolute atomic E-state index is 12.7. The quantitative estimate of drug-likeness (QED) is 0.282. The van der Waals surface area contributed by atoms with Crippen LogP contribution in [0.2, 0.25) is 0 Å². The molecular weight excluding hydrogens is 460 g/mol. The van der Waals surface area contributed by atoms with Crippen molar-refractivity contribution in [3.63, 3.8) is 0 Å². The summed E-state index contributed by atoms with van der Waals surface area (Å²) in [5.41, 5.74) is 2.42. The number of carbonyl (C=O) groups is 3. The number of hydrogen-bond donors (Lipinski definition) is 2. The lowest BCUT2D eigenvalue weighted by Crippen LogP contribution is -2.30. The van der Waals surface area contributed by atoms with Crippen LogP contribution in [0.1, 0.15) is 49.5 Å². The highest BCUT2D eigenvalue weighted by Crippen LogP contribution is 2.27. The first-order chi connectivity index (χ1) is 17.3. The van der Waals surface area contributed by atoms with Crippen LogP contribution in [0.4, 0.5) is 16.2 Å². The number of hydrogen-bond acceptors (Lipinski definition) is 6. The molecule has 0 saturated carbocycles. The molecule has 0 bridgehead atoms. The first kappa shape index (κ1) is 26.3. The Morgan fingerprint density at radius 1 is 0.833 bits per heavy atom. The zero-order valence-electron chi connectivity index (χ0n) is 20.7. The summed E-state index contributed by atoms with van der Waals surface area (Å²) in [7, 11) is 0. The monoisotopic (exact) mass is 490 g/mol. The lowest BCUT2D eigenvalue weighted by molar-refractivity contribution is -0.122. The van der Waals surface area contributed by atoms with Crippen LogP contribution >= 0.6 is 0 Å². The van der Waals surface area contributed by atoms with Gasteiger partial charge in [0.25, 0.3) is 11.8 Å². The summed E-state index contributed by atoms with van der Waals surface area (Å²) in [5, 5.41) is 5.61. The van der Waals surface area contributed by atoms with Gasteiger partial charge in [-0.15, -0.1) is 0 Å². The molecule has 2 amide bonds. The minimum atomic E-state index is -0.808. The first-order valence-corrected chi connectivity index (χ1v) is 11.7. The number of ether oxygens (including phenoxy) is 3. The highest BCUT2D eigenvalue weighted by Gasteiger charge is 2.18. The van der Waals surface area contributed by atoms with E-state index in [-0.39, 0.29) is 30.1 Å². The second-order valence-electron chi connectivity index (χ2n) is 8.29. The SMILES string of the molecule is CCOC(=O)Oc1ccc(C(=O)Nc2cccc(NC(=O)C(C)Oc3ccccc3C(C)C)c2)cc1. The second kappa shape index (κ2) is 12.4. The zero-order chi connectivity index (χ0) is 26.1. The molecule has 1 atom stereocenters. The van der Waals surface area contributed by atoms with Crippen LogP contribution in [0, 0.1) is 0 Å². The third-order valence-corrected chi connectivity index (χ3v) is 5.18. The van der Waals surface area contributed by atoms with E-state index < -0.39 is 12.3 Å². The fourth-order valence-corrected chi connectivity index (χ4v) is 3.35. The van der Waals surface area contributed by atoms with Crippen LogP contribution in [0.3, 0.4) is 0 Å². The van der Waals surface area contributed by atoms with Crippen molar-refractivity contribution in [2.24, 2.45) is 0 Å². The number of para-hydroxylation sites is 1. The van der Waals surface area contributed by atoms with Gasteiger partial charge in [0.2, 0.25) is 0 Å². The third kappa shape index (κ3) is 7.33. The number of benzene rings is 3. The Hall–Kier alpha value is -4.33. The van der Waals surface area contributed by atoms with E-state index in [1.54, 1.807) is 38.1 Å². The minimum Gasteiger partial charge on any atom is -0.481 e. The van der Waals surface area contributed by atoms with Crippen LogP contribution in [-0.4, -0.2) is 30.7 Å². The predicted octanol–water partition coefficient (Wildman–Crippen LogP) is 6.00. The maximum atomic E-state index is 12.7. The normalized spacial score (nSPS) is 11.4. The van der Waals surface area contributed by atoms with Gasteiger partial charge in [-0.05, 0) is 73.9 Å². The Balaban J connectivity index is 1.59. The molecule has 2 N–H and O–H groups in total. The lowest BCUT2D eigenvalue weighted by atomic mass is 10.0. The van der Waals surface area contributed by atoms with Crippen molar-refractivity contribution in [2.75, 3.05) is 17.2 Å². The number of amides is 2. The van der Waals surface area contributed by atoms with Crippen LogP contribution in [0.5, 0.6) is 11.5 Å². The summed E-state index contributed by atoms with van der Waals surface area (Å²) in [5.74, 6) is 0.535. The topological polar surface area (TPSA) is 103 Å². The molecule has 0 spiro atoms. The fourth-order valence-electron chi connectivity index (χ4n) is 3.35. The fraction of sp³-hybridized carbons (Fsp3) is 0.250. The van der Waals surface area contributed by atoms with Crippen molar-refractivity contribution in [3.8, 4) is 11.5 Å². The molecule has 0 saturated heterocycles. The highest BCUT2D eigenvalue weighted by atomic mass is 16.7. The molecule has 1 unspecified atom stereocenters. The summed E-state index contributed by atoms with van der Waals surface area (Å²) in [4.78, 5) is 36.8. The van der Waals surface area contributed by atoms with Gasteiger partial charge in [0.1, 0.15) is 11.5 Å². The Morgan fingerprint density at radius 2 is 1.50 bits per heavy atom. The van der Waals surface area contributed by atoms with E-state index in [4.69, 9.17) is 14.2 Å². The maximum Gasteiger partial charge on any atom is 0.513 e. The van der Waals surface area contributed by atoms with E-state index in [0.717, 1.165) is 5.56 Å². The van der Waals surface area contributed by atoms with Gasteiger partial charge >= 0.3 is 6.16 Å². The Bertz CT molecular complexity index is 1210. The number of rotatable bonds is 9. The smallest absolute Gasteiger partial charge is 0.481 e. The molecule has 0 aliphatic carbocycles. The molecule has 36 heavy (non-hydrogen) atoms. The van der Waals surface area contributed by atoms with Crippen molar-refractivity contribution >= 4 is 29.3 Å². The van der Waals surface area contributed by atoms with E-state index in [0.29, 0.717) is 22.7 Å². The summed E-state index contributed by atoms with van der Waals surface area (Å²) in [6.07, 6.45) is -1.53. The number of carbonyl (C=O) groups excluding carboxylic acids is 3. The second-order valence-corrected chi connectivity index (χ2v) is 8.29. The van der Waals surface area contributed by atoms with Gasteiger partial charge < -0.3 is 24.8 Å². The summed E-state index contributed by atoms with van der Waals surface area (Å²) in [6.45, 7) is 7.71. The van der Waals surface area contributed by atoms with Gasteiger partial charge in [-0.25, -0.2) is 4.79 Å². The molecule has 0 aromatic heterocycles. The van der Waals surface area contributed by atoms with Crippen LogP contribution in [0.15, 0.2) is 72.8 Å². The van der Waals surface area contributed by atoms with Gasteiger partial charge in [0, 0.05) is 16.9 Å². The number of nitrogens with one attached hydrogen (secondary N) is 2. The molecule has 0 aliphatic rings. The largest absolute Gasteiger partial charge is 0.513 e. The molecule has 8 nitrogen and oxygen atoms in total. The van der Waals surface area contributed by atoms with Crippen LogP contribution in [-0.2, 0) is 9.53 Å². The molecule has 0 aliphatic heterocycles. The van der Waals surface area contributed by atoms with Gasteiger partial charge in [0.05, 0.1) is 6.61 Å². The van der Waals surface area contributed by atoms with Crippen molar-refractivity contribution < 1.29 is 28.6 Å². The molecule has 0 heterocycles. The van der Waals surface area contributed by atoms with Crippen molar-refractivity contribution in [2.45, 2.75) is 39.7 Å². The average Bonchev–Trinajstić information content (AvgIpc) is 2.85. The van der Waals surface area contributed by atoms with E-state index in [1.165, 1.54) is 24.3 Å². The molecule has 3 rings (SSSR count). The molecule has 0 fully saturated rings. The summed E-state index contributed by atoms with van der Waals surface area (Å²) in [6, 6.07) is 20.5. The molecule has 3 aromatic rings. The van der Waals surface area contributed by atoms with Crippen LogP contribution in [0.25, 0.3) is 0 Å². The van der Waals surface area contributed by atoms with Crippen molar-refractivity contribution in [3.05, 3.63) is 83.9 Å². The zero-order valence-corrected chi connectivity index (χ0v) is 20.7. The molecule has 0 radical (unpaired) electrons. The molecular formula is C28H30N2O6. The van der Waals surface area contributed by atoms with E-state index in [2.05, 4.69) is 24.5 Å². The minimum absolute atomic E-state index is 0.205. The van der Waals surface area contributed by atoms with Gasteiger partial charge in [-0.1, -0.05) is 38.1 Å². The average molecular weight is 491 g/mol. The third-order valence-electron chi connectivity index (χ3n) is 5.18. The van der Waals surface area contributed by atoms with Crippen LogP contribution < -0.4 is 20.1 Å². The van der Waals surface area contributed by atoms with E-state index >= 15 is 0 Å². The van der Waals surface area contributed by atoms with E-state index in [9.17, 15) is 14.4 Å². The molecule has 8 heteroatoms. The van der Waals surface area contributed by atoms with Gasteiger partial charge in [-0.2, -0.15) is 0 Å². The highest BCUT2D eigenvalue weighted by molar-refractivity contribution is 6.04. The Labute approximate surface area is 210 Å². The molecule has 188 valence electrons. The first-order valence-electron chi connectivity index (χ1n) is 11.7. The number of anilines is 2. The Kier molecular flexibility index (Phi) is 9.05. The summed E-state index contributed by atoms with van der Waals surface area (Å²) < 4.78 is 15.6. The predicted molar refractivity (Wildman–Crippen MR) is 138 cm³/mol. The van der Waals surface area contributed by atoms with Crippen molar-refractivity contribution in [1.29, 1.82) is 0 Å². The van der Waals surface area contributed by atoms with E-state index in [1.807, 2.05) is 24.3 Å². The standard InChI is InChI=1S/C28H30N2O6/c1-5-34-28(33)36-23-15-13-20(14-16-23)27(32)30-22-10-8-9-21(17-22)29-26(31)19(4)35-25-12-7-6-11-24(25)18(2)3/h6-19H,5H2,1-4H3,(H,29,31)(H,30,32). The van der Waals surface area contributed by atoms with Gasteiger partial charge in [-0.3, -0.25) is 9.59 Å².